The van der Waals surface area contributed by atoms with Gasteiger partial charge in [-0.05, 0) is 24.1 Å². The van der Waals surface area contributed by atoms with Crippen molar-refractivity contribution in [3.63, 3.8) is 0 Å². The molecular weight excluding hydrogens is 316 g/mol. The number of sulfone groups is 1. The van der Waals surface area contributed by atoms with Gasteiger partial charge in [0.2, 0.25) is 0 Å². The molecule has 112 valence electrons. The van der Waals surface area contributed by atoms with E-state index >= 15 is 0 Å². The Morgan fingerprint density at radius 2 is 2.10 bits per heavy atom. The van der Waals surface area contributed by atoms with Crippen LogP contribution in [0.1, 0.15) is 6.92 Å². The maximum atomic E-state index is 12.4. The average molecular weight is 329 g/mol. The lowest BCUT2D eigenvalue weighted by atomic mass is 10.2. The molecule has 1 heterocycles. The Hall–Kier alpha value is -1.73. The lowest BCUT2D eigenvalue weighted by Crippen LogP contribution is -2.15. The summed E-state index contributed by atoms with van der Waals surface area (Å²) in [4.78, 5) is 14.4. The fourth-order valence-electron chi connectivity index (χ4n) is 2.06. The van der Waals surface area contributed by atoms with Crippen molar-refractivity contribution in [2.45, 2.75) is 11.8 Å². The van der Waals surface area contributed by atoms with Crippen molar-refractivity contribution in [2.75, 3.05) is 11.6 Å². The first kappa shape index (κ1) is 15.7. The Kier molecular flexibility index (Phi) is 4.43. The molecule has 0 bridgehead atoms. The molecule has 0 aliphatic heterocycles. The molecule has 2 rings (SSSR count). The van der Waals surface area contributed by atoms with E-state index in [1.165, 1.54) is 24.4 Å². The van der Waals surface area contributed by atoms with Gasteiger partial charge < -0.3 is 0 Å². The van der Waals surface area contributed by atoms with Crippen molar-refractivity contribution in [3.8, 4) is 0 Å². The van der Waals surface area contributed by atoms with E-state index in [1.54, 1.807) is 13.0 Å². The Balaban J connectivity index is 2.67. The Morgan fingerprint density at radius 1 is 1.38 bits per heavy atom. The van der Waals surface area contributed by atoms with Gasteiger partial charge in [-0.1, -0.05) is 6.92 Å². The van der Waals surface area contributed by atoms with E-state index in [4.69, 9.17) is 11.6 Å². The van der Waals surface area contributed by atoms with Crippen molar-refractivity contribution < 1.29 is 13.3 Å². The molecule has 0 N–H and O–H groups in total. The highest BCUT2D eigenvalue weighted by Gasteiger charge is 2.24. The third-order valence-electron chi connectivity index (χ3n) is 3.01. The number of pyridine rings is 1. The predicted octanol–water partition coefficient (Wildman–Crippen LogP) is 2.79. The zero-order chi connectivity index (χ0) is 15.6. The van der Waals surface area contributed by atoms with E-state index in [0.29, 0.717) is 0 Å². The number of benzene rings is 1. The van der Waals surface area contributed by atoms with Crippen molar-refractivity contribution in [1.29, 1.82) is 0 Å². The fraction of sp³-hybridized carbons (Fsp3) is 0.308. The zero-order valence-corrected chi connectivity index (χ0v) is 12.8. The maximum absolute atomic E-state index is 12.4. The second-order valence-corrected chi connectivity index (χ2v) is 7.09. The summed E-state index contributed by atoms with van der Waals surface area (Å²) in [6.07, 6.45) is 1.40. The lowest BCUT2D eigenvalue weighted by molar-refractivity contribution is -0.383. The molecule has 6 nitrogen and oxygen atoms in total. The van der Waals surface area contributed by atoms with Crippen LogP contribution >= 0.6 is 11.6 Å². The summed E-state index contributed by atoms with van der Waals surface area (Å²) < 4.78 is 24.9. The number of aromatic nitrogens is 1. The third kappa shape index (κ3) is 3.14. The molecule has 2 aromatic rings. The van der Waals surface area contributed by atoms with Gasteiger partial charge in [0.25, 0.3) is 5.69 Å². The molecule has 0 aliphatic carbocycles. The van der Waals surface area contributed by atoms with Gasteiger partial charge in [-0.15, -0.1) is 11.6 Å². The molecule has 0 saturated carbocycles. The van der Waals surface area contributed by atoms with Gasteiger partial charge in [0.1, 0.15) is 5.52 Å². The van der Waals surface area contributed by atoms with E-state index in [0.717, 1.165) is 0 Å². The first-order valence-electron chi connectivity index (χ1n) is 6.17. The highest BCUT2D eigenvalue weighted by molar-refractivity contribution is 7.91. The standard InChI is InChI=1S/C13H13ClN2O4S/c1-9(7-14)8-21(19,20)12-5-4-11(16(17)18)13-10(12)3-2-6-15-13/h2-6,9H,7-8H2,1H3. The molecule has 1 unspecified atom stereocenters. The molecule has 1 atom stereocenters. The predicted molar refractivity (Wildman–Crippen MR) is 80.3 cm³/mol. The number of non-ortho nitro benzene ring substituents is 1. The zero-order valence-electron chi connectivity index (χ0n) is 11.2. The normalized spacial score (nSPS) is 13.2. The molecule has 0 aliphatic rings. The van der Waals surface area contributed by atoms with Crippen LogP contribution in [0.3, 0.4) is 0 Å². The van der Waals surface area contributed by atoms with Gasteiger partial charge in [0, 0.05) is 23.5 Å². The molecule has 0 fully saturated rings. The minimum atomic E-state index is -3.59. The molecule has 1 aromatic carbocycles. The number of halogens is 1. The van der Waals surface area contributed by atoms with Crippen LogP contribution in [0.4, 0.5) is 5.69 Å². The van der Waals surface area contributed by atoms with Crippen LogP contribution < -0.4 is 0 Å². The van der Waals surface area contributed by atoms with Crippen LogP contribution in [0.5, 0.6) is 0 Å². The summed E-state index contributed by atoms with van der Waals surface area (Å²) in [7, 11) is -3.59. The first-order valence-corrected chi connectivity index (χ1v) is 8.36. The van der Waals surface area contributed by atoms with Crippen molar-refractivity contribution >= 4 is 38.0 Å². The second kappa shape index (κ2) is 5.95. The largest absolute Gasteiger partial charge is 0.295 e. The van der Waals surface area contributed by atoms with Crippen molar-refractivity contribution in [2.24, 2.45) is 5.92 Å². The first-order chi connectivity index (χ1) is 9.86. The number of nitro benzene ring substituents is 1. The van der Waals surface area contributed by atoms with E-state index in [2.05, 4.69) is 4.98 Å². The molecule has 21 heavy (non-hydrogen) atoms. The van der Waals surface area contributed by atoms with Crippen LogP contribution in [0.2, 0.25) is 0 Å². The van der Waals surface area contributed by atoms with E-state index in [1.807, 2.05) is 0 Å². The SMILES string of the molecule is CC(CCl)CS(=O)(=O)c1ccc([N+](=O)[O-])c2ncccc12. The summed E-state index contributed by atoms with van der Waals surface area (Å²) in [5.74, 6) is -0.0978. The van der Waals surface area contributed by atoms with Crippen LogP contribution in [0, 0.1) is 16.0 Å². The lowest BCUT2D eigenvalue weighted by Gasteiger charge is -2.11. The number of nitrogens with zero attached hydrogens (tertiary/aromatic N) is 2. The highest BCUT2D eigenvalue weighted by atomic mass is 35.5. The van der Waals surface area contributed by atoms with E-state index in [-0.39, 0.29) is 39.0 Å². The summed E-state index contributed by atoms with van der Waals surface area (Å²) in [5, 5.41) is 11.3. The summed E-state index contributed by atoms with van der Waals surface area (Å²) >= 11 is 5.66. The van der Waals surface area contributed by atoms with Crippen LogP contribution in [-0.2, 0) is 9.84 Å². The maximum Gasteiger partial charge on any atom is 0.295 e. The van der Waals surface area contributed by atoms with Gasteiger partial charge in [0.05, 0.1) is 15.6 Å². The molecule has 0 spiro atoms. The average Bonchev–Trinajstić information content (AvgIpc) is 2.45. The number of hydrogen-bond acceptors (Lipinski definition) is 5. The quantitative estimate of drug-likeness (QED) is 0.478. The monoisotopic (exact) mass is 328 g/mol. The van der Waals surface area contributed by atoms with Gasteiger partial charge in [-0.2, -0.15) is 0 Å². The Morgan fingerprint density at radius 3 is 2.71 bits per heavy atom. The molecule has 0 saturated heterocycles. The second-order valence-electron chi connectivity index (χ2n) is 4.78. The number of nitro groups is 1. The van der Waals surface area contributed by atoms with Crippen LogP contribution in [-0.4, -0.2) is 30.0 Å². The fourth-order valence-corrected chi connectivity index (χ4v) is 4.12. The third-order valence-corrected chi connectivity index (χ3v) is 5.57. The van der Waals surface area contributed by atoms with E-state index < -0.39 is 14.8 Å². The summed E-state index contributed by atoms with van der Waals surface area (Å²) in [5.41, 5.74) is -0.142. The van der Waals surface area contributed by atoms with Crippen LogP contribution in [0.15, 0.2) is 35.4 Å². The number of hydrogen-bond donors (Lipinski definition) is 0. The van der Waals surface area contributed by atoms with Gasteiger partial charge in [0.15, 0.2) is 9.84 Å². The number of fused-ring (bicyclic) bond motifs is 1. The smallest absolute Gasteiger partial charge is 0.258 e. The van der Waals surface area contributed by atoms with Crippen molar-refractivity contribution in [1.82, 2.24) is 4.98 Å². The molecule has 1 aromatic heterocycles. The summed E-state index contributed by atoms with van der Waals surface area (Å²) in [6.45, 7) is 1.73. The molecular formula is C13H13ClN2O4S. The number of rotatable bonds is 5. The van der Waals surface area contributed by atoms with Crippen molar-refractivity contribution in [3.05, 3.63) is 40.6 Å². The van der Waals surface area contributed by atoms with Crippen LogP contribution in [0.25, 0.3) is 10.9 Å². The molecule has 8 heteroatoms. The molecule has 0 radical (unpaired) electrons. The van der Waals surface area contributed by atoms with E-state index in [9.17, 15) is 18.5 Å². The van der Waals surface area contributed by atoms with Gasteiger partial charge in [-0.3, -0.25) is 10.1 Å². The number of alkyl halides is 1. The minimum Gasteiger partial charge on any atom is -0.258 e. The highest BCUT2D eigenvalue weighted by Crippen LogP contribution is 2.30. The van der Waals surface area contributed by atoms with Gasteiger partial charge in [-0.25, -0.2) is 13.4 Å². The Bertz CT molecular complexity index is 792. The molecule has 0 amide bonds. The van der Waals surface area contributed by atoms with Gasteiger partial charge >= 0.3 is 0 Å². The minimum absolute atomic E-state index is 0.0492. The Labute approximate surface area is 126 Å². The topological polar surface area (TPSA) is 90.2 Å². The summed E-state index contributed by atoms with van der Waals surface area (Å²) in [6, 6.07) is 5.51.